The molecule has 0 saturated carbocycles. The summed E-state index contributed by atoms with van der Waals surface area (Å²) in [5.41, 5.74) is 0. The number of imidazole rings is 1. The van der Waals surface area contributed by atoms with E-state index in [1.54, 1.807) is 23.3 Å². The van der Waals surface area contributed by atoms with Crippen molar-refractivity contribution in [1.82, 2.24) is 9.55 Å². The number of nitrogens with zero attached hydrogens (tertiary/aromatic N) is 2. The second kappa shape index (κ2) is 4.54. The first-order chi connectivity index (χ1) is 5.83. The van der Waals surface area contributed by atoms with Crippen LogP contribution in [0.3, 0.4) is 0 Å². The highest BCUT2D eigenvalue weighted by atomic mass is 16.5. The fourth-order valence-electron chi connectivity index (χ4n) is 0.791. The summed E-state index contributed by atoms with van der Waals surface area (Å²) >= 11 is 0. The Balaban J connectivity index is 2.27. The normalized spacial score (nSPS) is 9.75. The zero-order valence-electron chi connectivity index (χ0n) is 7.06. The van der Waals surface area contributed by atoms with Gasteiger partial charge < -0.3 is 9.30 Å². The lowest BCUT2D eigenvalue weighted by Crippen LogP contribution is -2.12. The maximum atomic E-state index is 11.0. The maximum absolute atomic E-state index is 11.0. The molecule has 0 radical (unpaired) electrons. The number of hydrogen-bond donors (Lipinski definition) is 0. The van der Waals surface area contributed by atoms with Gasteiger partial charge in [-0.15, -0.1) is 0 Å². The monoisotopic (exact) mass is 168 g/mol. The minimum absolute atomic E-state index is 0.213. The molecule has 1 heterocycles. The number of carbonyl (C=O) groups is 1. The Morgan fingerprint density at radius 1 is 1.67 bits per heavy atom. The van der Waals surface area contributed by atoms with Crippen molar-refractivity contribution in [3.05, 3.63) is 18.7 Å². The Morgan fingerprint density at radius 2 is 2.50 bits per heavy atom. The van der Waals surface area contributed by atoms with Crippen molar-refractivity contribution in [1.29, 1.82) is 0 Å². The number of ether oxygens (including phenoxy) is 1. The summed E-state index contributed by atoms with van der Waals surface area (Å²) in [7, 11) is 0. The van der Waals surface area contributed by atoms with E-state index in [2.05, 4.69) is 4.98 Å². The molecule has 1 rings (SSSR count). The maximum Gasteiger partial charge on any atom is 0.325 e. The van der Waals surface area contributed by atoms with Gasteiger partial charge in [0.25, 0.3) is 0 Å². The van der Waals surface area contributed by atoms with Gasteiger partial charge in [0, 0.05) is 12.4 Å². The van der Waals surface area contributed by atoms with Crippen LogP contribution in [0, 0.1) is 0 Å². The molecule has 0 bridgehead atoms. The van der Waals surface area contributed by atoms with E-state index in [1.165, 1.54) is 0 Å². The Morgan fingerprint density at radius 3 is 3.08 bits per heavy atom. The van der Waals surface area contributed by atoms with Crippen LogP contribution >= 0.6 is 0 Å². The number of aromatic nitrogens is 2. The number of hydrogen-bond acceptors (Lipinski definition) is 3. The third kappa shape index (κ3) is 2.74. The molecule has 4 nitrogen and oxygen atoms in total. The van der Waals surface area contributed by atoms with E-state index in [4.69, 9.17) is 4.74 Å². The van der Waals surface area contributed by atoms with E-state index in [-0.39, 0.29) is 12.5 Å². The van der Waals surface area contributed by atoms with Crippen LogP contribution in [-0.4, -0.2) is 22.1 Å². The number of rotatable bonds is 4. The van der Waals surface area contributed by atoms with Gasteiger partial charge in [-0.1, -0.05) is 6.92 Å². The quantitative estimate of drug-likeness (QED) is 0.625. The predicted octanol–water partition coefficient (Wildman–Crippen LogP) is 0.836. The van der Waals surface area contributed by atoms with Gasteiger partial charge in [0.1, 0.15) is 6.54 Å². The molecule has 0 N–H and O–H groups in total. The molecule has 12 heavy (non-hydrogen) atoms. The van der Waals surface area contributed by atoms with Crippen LogP contribution in [0.5, 0.6) is 0 Å². The van der Waals surface area contributed by atoms with Crippen molar-refractivity contribution < 1.29 is 9.53 Å². The van der Waals surface area contributed by atoms with Gasteiger partial charge in [-0.25, -0.2) is 4.98 Å². The van der Waals surface area contributed by atoms with Crippen molar-refractivity contribution in [2.45, 2.75) is 19.9 Å². The lowest BCUT2D eigenvalue weighted by atomic mass is 10.5. The molecule has 0 aliphatic rings. The molecule has 0 amide bonds. The van der Waals surface area contributed by atoms with Gasteiger partial charge in [0.2, 0.25) is 0 Å². The molecule has 1 aromatic heterocycles. The molecule has 4 heteroatoms. The lowest BCUT2D eigenvalue weighted by molar-refractivity contribution is -0.144. The van der Waals surface area contributed by atoms with Crippen molar-refractivity contribution in [3.63, 3.8) is 0 Å². The first-order valence-electron chi connectivity index (χ1n) is 3.94. The van der Waals surface area contributed by atoms with E-state index in [9.17, 15) is 4.79 Å². The summed E-state index contributed by atoms with van der Waals surface area (Å²) in [5, 5.41) is 0. The second-order valence-electron chi connectivity index (χ2n) is 2.46. The van der Waals surface area contributed by atoms with Crippen LogP contribution in [0.25, 0.3) is 0 Å². The SMILES string of the molecule is CCCOC(=O)Cn1ccnc1. The Labute approximate surface area is 71.2 Å². The molecule has 0 atom stereocenters. The van der Waals surface area contributed by atoms with E-state index in [0.717, 1.165) is 6.42 Å². The molecule has 1 aromatic rings. The summed E-state index contributed by atoms with van der Waals surface area (Å²) in [5.74, 6) is -0.213. The highest BCUT2D eigenvalue weighted by Crippen LogP contribution is 1.89. The summed E-state index contributed by atoms with van der Waals surface area (Å²) in [6.07, 6.45) is 5.81. The summed E-state index contributed by atoms with van der Waals surface area (Å²) in [6.45, 7) is 2.71. The smallest absolute Gasteiger partial charge is 0.325 e. The fourth-order valence-corrected chi connectivity index (χ4v) is 0.791. The van der Waals surface area contributed by atoms with Gasteiger partial charge in [0.15, 0.2) is 0 Å². The zero-order valence-corrected chi connectivity index (χ0v) is 7.06. The molecule has 0 fully saturated rings. The van der Waals surface area contributed by atoms with Gasteiger partial charge in [-0.05, 0) is 6.42 Å². The topological polar surface area (TPSA) is 44.1 Å². The Kier molecular flexibility index (Phi) is 3.32. The summed E-state index contributed by atoms with van der Waals surface area (Å²) < 4.78 is 6.56. The van der Waals surface area contributed by atoms with Crippen molar-refractivity contribution in [2.24, 2.45) is 0 Å². The zero-order chi connectivity index (χ0) is 8.81. The summed E-state index contributed by atoms with van der Waals surface area (Å²) in [6, 6.07) is 0. The molecule has 0 aliphatic heterocycles. The predicted molar refractivity (Wildman–Crippen MR) is 43.5 cm³/mol. The molecule has 66 valence electrons. The van der Waals surface area contributed by atoms with Crippen LogP contribution in [0.15, 0.2) is 18.7 Å². The molecular weight excluding hydrogens is 156 g/mol. The van der Waals surface area contributed by atoms with Gasteiger partial charge in [0.05, 0.1) is 12.9 Å². The number of esters is 1. The lowest BCUT2D eigenvalue weighted by Gasteiger charge is -2.02. The first kappa shape index (κ1) is 8.77. The molecule has 0 aromatic carbocycles. The number of carbonyl (C=O) groups excluding carboxylic acids is 1. The minimum Gasteiger partial charge on any atom is -0.464 e. The van der Waals surface area contributed by atoms with Crippen LogP contribution in [0.4, 0.5) is 0 Å². The molecule has 0 spiro atoms. The van der Waals surface area contributed by atoms with Gasteiger partial charge in [-0.2, -0.15) is 0 Å². The van der Waals surface area contributed by atoms with Crippen molar-refractivity contribution in [3.8, 4) is 0 Å². The Bertz CT molecular complexity index is 231. The second-order valence-corrected chi connectivity index (χ2v) is 2.46. The van der Waals surface area contributed by atoms with Crippen LogP contribution in [0.2, 0.25) is 0 Å². The van der Waals surface area contributed by atoms with Crippen LogP contribution < -0.4 is 0 Å². The molecule has 0 aliphatic carbocycles. The fraction of sp³-hybridized carbons (Fsp3) is 0.500. The Hall–Kier alpha value is -1.32. The van der Waals surface area contributed by atoms with Crippen molar-refractivity contribution >= 4 is 5.97 Å². The van der Waals surface area contributed by atoms with E-state index >= 15 is 0 Å². The first-order valence-corrected chi connectivity index (χ1v) is 3.94. The van der Waals surface area contributed by atoms with Gasteiger partial charge in [-0.3, -0.25) is 4.79 Å². The minimum atomic E-state index is -0.213. The molecular formula is C8H12N2O2. The average molecular weight is 168 g/mol. The molecule has 0 saturated heterocycles. The van der Waals surface area contributed by atoms with Crippen LogP contribution in [0.1, 0.15) is 13.3 Å². The van der Waals surface area contributed by atoms with E-state index < -0.39 is 0 Å². The largest absolute Gasteiger partial charge is 0.464 e. The average Bonchev–Trinajstić information content (AvgIpc) is 2.53. The highest BCUT2D eigenvalue weighted by molar-refractivity contribution is 5.69. The van der Waals surface area contributed by atoms with Gasteiger partial charge >= 0.3 is 5.97 Å². The van der Waals surface area contributed by atoms with Crippen LogP contribution in [-0.2, 0) is 16.1 Å². The summed E-state index contributed by atoms with van der Waals surface area (Å²) in [4.78, 5) is 14.8. The highest BCUT2D eigenvalue weighted by Gasteiger charge is 2.01. The third-order valence-electron chi connectivity index (χ3n) is 1.34. The standard InChI is InChI=1S/C8H12N2O2/c1-2-5-12-8(11)6-10-4-3-9-7-10/h3-4,7H,2,5-6H2,1H3. The van der Waals surface area contributed by atoms with E-state index in [0.29, 0.717) is 6.61 Å². The third-order valence-corrected chi connectivity index (χ3v) is 1.34. The molecule has 0 unspecified atom stereocenters. The van der Waals surface area contributed by atoms with E-state index in [1.807, 2.05) is 6.92 Å². The van der Waals surface area contributed by atoms with Crippen molar-refractivity contribution in [2.75, 3.05) is 6.61 Å².